The molecule has 1 aliphatic rings. The second kappa shape index (κ2) is 7.59. The maximum absolute atomic E-state index is 12.9. The Morgan fingerprint density at radius 1 is 1.12 bits per heavy atom. The maximum atomic E-state index is 12.9. The van der Waals surface area contributed by atoms with Gasteiger partial charge in [0.2, 0.25) is 0 Å². The smallest absolute Gasteiger partial charge is 0.253 e. The lowest BCUT2D eigenvalue weighted by Crippen LogP contribution is -2.44. The first kappa shape index (κ1) is 18.0. The highest BCUT2D eigenvalue weighted by Gasteiger charge is 2.24. The maximum Gasteiger partial charge on any atom is 0.253 e. The van der Waals surface area contributed by atoms with Gasteiger partial charge in [0.25, 0.3) is 5.91 Å². The zero-order valence-corrected chi connectivity index (χ0v) is 15.9. The van der Waals surface area contributed by atoms with Crippen LogP contribution < -0.4 is 0 Å². The molecule has 0 spiro atoms. The fourth-order valence-electron chi connectivity index (χ4n) is 3.41. The summed E-state index contributed by atoms with van der Waals surface area (Å²) in [7, 11) is 4.06. The van der Waals surface area contributed by atoms with Crippen LogP contribution in [0.2, 0.25) is 5.02 Å². The number of hydrogen-bond acceptors (Lipinski definition) is 2. The van der Waals surface area contributed by atoms with Crippen LogP contribution in [0.1, 0.15) is 28.8 Å². The van der Waals surface area contributed by atoms with Crippen molar-refractivity contribution in [2.75, 3.05) is 27.2 Å². The van der Waals surface area contributed by atoms with Gasteiger partial charge in [0.15, 0.2) is 0 Å². The van der Waals surface area contributed by atoms with Crippen molar-refractivity contribution in [3.05, 3.63) is 58.6 Å². The summed E-state index contributed by atoms with van der Waals surface area (Å²) in [6, 6.07) is 14.2. The lowest BCUT2D eigenvalue weighted by atomic mass is 9.99. The van der Waals surface area contributed by atoms with E-state index in [0.29, 0.717) is 6.04 Å². The Bertz CT molecular complexity index is 766. The number of aryl methyl sites for hydroxylation is 1. The van der Waals surface area contributed by atoms with Gasteiger partial charge < -0.3 is 9.80 Å². The summed E-state index contributed by atoms with van der Waals surface area (Å²) in [4.78, 5) is 17.2. The van der Waals surface area contributed by atoms with E-state index in [1.807, 2.05) is 55.3 Å². The Kier molecular flexibility index (Phi) is 5.45. The molecule has 4 heteroatoms. The standard InChI is InChI=1S/C21H25ClN2O/c1-15-13-17(7-8-20(15)22)16-5-4-6-18(14-16)21(25)24(3)19-9-11-23(2)12-10-19/h4-8,13-14,19H,9-12H2,1-3H3. The molecule has 2 aromatic carbocycles. The predicted octanol–water partition coefficient (Wildman–Crippen LogP) is 4.48. The van der Waals surface area contributed by atoms with Crippen molar-refractivity contribution in [3.63, 3.8) is 0 Å². The molecule has 1 amide bonds. The third-order valence-corrected chi connectivity index (χ3v) is 5.58. The topological polar surface area (TPSA) is 23.6 Å². The van der Waals surface area contributed by atoms with Gasteiger partial charge in [0, 0.05) is 23.7 Å². The average molecular weight is 357 g/mol. The summed E-state index contributed by atoms with van der Waals surface area (Å²) in [6.07, 6.45) is 2.07. The molecule has 0 N–H and O–H groups in total. The quantitative estimate of drug-likeness (QED) is 0.809. The van der Waals surface area contributed by atoms with Crippen molar-refractivity contribution in [3.8, 4) is 11.1 Å². The molecule has 3 rings (SSSR count). The second-order valence-corrected chi connectivity index (χ2v) is 7.40. The Balaban J connectivity index is 1.80. The van der Waals surface area contributed by atoms with E-state index < -0.39 is 0 Å². The molecule has 2 aromatic rings. The summed E-state index contributed by atoms with van der Waals surface area (Å²) < 4.78 is 0. The minimum absolute atomic E-state index is 0.0992. The van der Waals surface area contributed by atoms with E-state index in [2.05, 4.69) is 18.0 Å². The van der Waals surface area contributed by atoms with Crippen LogP contribution in [0.25, 0.3) is 11.1 Å². The summed E-state index contributed by atoms with van der Waals surface area (Å²) in [5.74, 6) is 0.0992. The average Bonchev–Trinajstić information content (AvgIpc) is 2.63. The van der Waals surface area contributed by atoms with Gasteiger partial charge in [0.05, 0.1) is 0 Å². The molecule has 0 radical (unpaired) electrons. The van der Waals surface area contributed by atoms with Gasteiger partial charge in [-0.25, -0.2) is 0 Å². The number of benzene rings is 2. The van der Waals surface area contributed by atoms with Crippen molar-refractivity contribution in [1.29, 1.82) is 0 Å². The van der Waals surface area contributed by atoms with Crippen molar-refractivity contribution in [2.45, 2.75) is 25.8 Å². The number of piperidine rings is 1. The van der Waals surface area contributed by atoms with Crippen LogP contribution in [0.15, 0.2) is 42.5 Å². The molecule has 0 aliphatic carbocycles. The van der Waals surface area contributed by atoms with Crippen LogP contribution in [0.3, 0.4) is 0 Å². The first-order valence-corrected chi connectivity index (χ1v) is 9.16. The lowest BCUT2D eigenvalue weighted by molar-refractivity contribution is 0.0659. The number of hydrogen-bond donors (Lipinski definition) is 0. The largest absolute Gasteiger partial charge is 0.339 e. The van der Waals surface area contributed by atoms with E-state index in [1.54, 1.807) is 0 Å². The summed E-state index contributed by atoms with van der Waals surface area (Å²) in [6.45, 7) is 4.09. The van der Waals surface area contributed by atoms with Crippen molar-refractivity contribution < 1.29 is 4.79 Å². The number of amides is 1. The fraction of sp³-hybridized carbons (Fsp3) is 0.381. The highest BCUT2D eigenvalue weighted by Crippen LogP contribution is 2.26. The number of nitrogens with zero attached hydrogens (tertiary/aromatic N) is 2. The number of halogens is 1. The molecule has 0 bridgehead atoms. The van der Waals surface area contributed by atoms with Crippen molar-refractivity contribution in [2.24, 2.45) is 0 Å². The molecule has 0 saturated carbocycles. The van der Waals surface area contributed by atoms with E-state index in [9.17, 15) is 4.79 Å². The molecule has 1 aliphatic heterocycles. The van der Waals surface area contributed by atoms with Gasteiger partial charge in [0.1, 0.15) is 0 Å². The zero-order valence-electron chi connectivity index (χ0n) is 15.1. The summed E-state index contributed by atoms with van der Waals surface area (Å²) in [5.41, 5.74) is 3.91. The van der Waals surface area contributed by atoms with Crippen LogP contribution in [-0.2, 0) is 0 Å². The number of carbonyl (C=O) groups is 1. The van der Waals surface area contributed by atoms with E-state index in [1.165, 1.54) is 0 Å². The molecule has 25 heavy (non-hydrogen) atoms. The monoisotopic (exact) mass is 356 g/mol. The third kappa shape index (κ3) is 4.05. The third-order valence-electron chi connectivity index (χ3n) is 5.16. The van der Waals surface area contributed by atoms with E-state index in [-0.39, 0.29) is 5.91 Å². The SMILES string of the molecule is Cc1cc(-c2cccc(C(=O)N(C)C3CCN(C)CC3)c2)ccc1Cl. The first-order chi connectivity index (χ1) is 12.0. The normalized spacial score (nSPS) is 16.0. The van der Waals surface area contributed by atoms with Gasteiger partial charge in [-0.2, -0.15) is 0 Å². The van der Waals surface area contributed by atoms with Crippen LogP contribution in [-0.4, -0.2) is 48.9 Å². The lowest BCUT2D eigenvalue weighted by Gasteiger charge is -2.35. The minimum atomic E-state index is 0.0992. The number of carbonyl (C=O) groups excluding carboxylic acids is 1. The van der Waals surface area contributed by atoms with Gasteiger partial charge in [-0.1, -0.05) is 29.8 Å². The predicted molar refractivity (Wildman–Crippen MR) is 104 cm³/mol. The second-order valence-electron chi connectivity index (χ2n) is 7.00. The molecule has 3 nitrogen and oxygen atoms in total. The zero-order chi connectivity index (χ0) is 18.0. The first-order valence-electron chi connectivity index (χ1n) is 8.78. The summed E-state index contributed by atoms with van der Waals surface area (Å²) in [5, 5.41) is 0.762. The molecule has 1 heterocycles. The van der Waals surface area contributed by atoms with E-state index in [0.717, 1.165) is 53.2 Å². The molecule has 0 aromatic heterocycles. The minimum Gasteiger partial charge on any atom is -0.339 e. The summed E-state index contributed by atoms with van der Waals surface area (Å²) >= 11 is 6.12. The van der Waals surface area contributed by atoms with Crippen molar-refractivity contribution in [1.82, 2.24) is 9.80 Å². The van der Waals surface area contributed by atoms with Crippen LogP contribution >= 0.6 is 11.6 Å². The number of likely N-dealkylation sites (tertiary alicyclic amines) is 1. The number of rotatable bonds is 3. The molecule has 1 fully saturated rings. The van der Waals surface area contributed by atoms with Gasteiger partial charge in [-0.3, -0.25) is 4.79 Å². The van der Waals surface area contributed by atoms with Crippen LogP contribution in [0, 0.1) is 6.92 Å². The molecule has 0 atom stereocenters. The van der Waals surface area contributed by atoms with Gasteiger partial charge in [-0.15, -0.1) is 0 Å². The molecule has 132 valence electrons. The molecular formula is C21H25ClN2O. The van der Waals surface area contributed by atoms with Gasteiger partial charge in [-0.05, 0) is 80.9 Å². The van der Waals surface area contributed by atoms with E-state index in [4.69, 9.17) is 11.6 Å². The van der Waals surface area contributed by atoms with Crippen LogP contribution in [0.4, 0.5) is 0 Å². The Labute approximate surface area is 155 Å². The molecular weight excluding hydrogens is 332 g/mol. The fourth-order valence-corrected chi connectivity index (χ4v) is 3.53. The highest BCUT2D eigenvalue weighted by molar-refractivity contribution is 6.31. The molecule has 0 unspecified atom stereocenters. The van der Waals surface area contributed by atoms with Gasteiger partial charge >= 0.3 is 0 Å². The Hall–Kier alpha value is -1.84. The van der Waals surface area contributed by atoms with Crippen molar-refractivity contribution >= 4 is 17.5 Å². The Morgan fingerprint density at radius 3 is 2.48 bits per heavy atom. The molecule has 1 saturated heterocycles. The van der Waals surface area contributed by atoms with E-state index >= 15 is 0 Å². The van der Waals surface area contributed by atoms with Crippen LogP contribution in [0.5, 0.6) is 0 Å². The highest BCUT2D eigenvalue weighted by atomic mass is 35.5. The Morgan fingerprint density at radius 2 is 1.80 bits per heavy atom.